The molecule has 4 nitrogen and oxygen atoms in total. The number of hydrogen-bond donors (Lipinski definition) is 3. The molecule has 3 aromatic rings. The molecule has 0 heterocycles. The molecule has 29 heavy (non-hydrogen) atoms. The van der Waals surface area contributed by atoms with Crippen molar-refractivity contribution in [2.24, 2.45) is 11.5 Å². The highest BCUT2D eigenvalue weighted by Crippen LogP contribution is 2.19. The Morgan fingerprint density at radius 2 is 1.38 bits per heavy atom. The summed E-state index contributed by atoms with van der Waals surface area (Å²) in [5.41, 5.74) is 16.5. The summed E-state index contributed by atoms with van der Waals surface area (Å²) in [6.07, 6.45) is 2.33. The van der Waals surface area contributed by atoms with Gasteiger partial charge in [0.15, 0.2) is 0 Å². The first kappa shape index (κ1) is 20.8. The first-order valence-electron chi connectivity index (χ1n) is 10.1. The summed E-state index contributed by atoms with van der Waals surface area (Å²) in [5, 5.41) is 3.25. The van der Waals surface area contributed by atoms with E-state index >= 15 is 0 Å². The third-order valence-electron chi connectivity index (χ3n) is 5.12. The Balaban J connectivity index is 1.51. The Hall–Kier alpha value is -2.95. The molecular weight excluding hydrogens is 358 g/mol. The predicted octanol–water partition coefficient (Wildman–Crippen LogP) is 3.30. The normalized spacial score (nSPS) is 13.0. The van der Waals surface area contributed by atoms with Crippen LogP contribution in [-0.2, 0) is 17.6 Å². The molecule has 0 aliphatic carbocycles. The molecule has 0 fully saturated rings. The van der Waals surface area contributed by atoms with Gasteiger partial charge in [-0.25, -0.2) is 0 Å². The highest BCUT2D eigenvalue weighted by Gasteiger charge is 2.17. The van der Waals surface area contributed by atoms with Crippen molar-refractivity contribution >= 4 is 5.91 Å². The van der Waals surface area contributed by atoms with Gasteiger partial charge in [-0.15, -0.1) is 0 Å². The Kier molecular flexibility index (Phi) is 7.56. The Bertz CT molecular complexity index is 879. The number of primary amides is 1. The number of amides is 1. The molecular formula is C25H29N3O. The van der Waals surface area contributed by atoms with E-state index in [1.165, 1.54) is 11.1 Å². The summed E-state index contributed by atoms with van der Waals surface area (Å²) < 4.78 is 0. The lowest BCUT2D eigenvalue weighted by Crippen LogP contribution is -2.47. The van der Waals surface area contributed by atoms with Crippen LogP contribution < -0.4 is 16.8 Å². The minimum absolute atomic E-state index is 0.0301. The summed E-state index contributed by atoms with van der Waals surface area (Å²) in [6, 6.07) is 28.3. The smallest absolute Gasteiger partial charge is 0.234 e. The zero-order chi connectivity index (χ0) is 20.5. The number of hydrogen-bond acceptors (Lipinski definition) is 3. The molecule has 150 valence electrons. The van der Waals surface area contributed by atoms with E-state index in [0.29, 0.717) is 13.0 Å². The van der Waals surface area contributed by atoms with Gasteiger partial charge in [0, 0.05) is 12.6 Å². The third-order valence-corrected chi connectivity index (χ3v) is 5.12. The monoisotopic (exact) mass is 387 g/mol. The molecule has 0 aliphatic rings. The number of carbonyl (C=O) groups excluding carboxylic acids is 1. The van der Waals surface area contributed by atoms with Crippen molar-refractivity contribution in [2.45, 2.75) is 31.3 Å². The molecule has 3 aromatic carbocycles. The van der Waals surface area contributed by atoms with Crippen LogP contribution in [0.5, 0.6) is 0 Å². The summed E-state index contributed by atoms with van der Waals surface area (Å²) in [4.78, 5) is 11.9. The van der Waals surface area contributed by atoms with Crippen LogP contribution in [0.2, 0.25) is 0 Å². The van der Waals surface area contributed by atoms with Gasteiger partial charge in [-0.1, -0.05) is 84.9 Å². The van der Waals surface area contributed by atoms with Crippen LogP contribution in [0.1, 0.15) is 17.5 Å². The molecule has 0 saturated carbocycles. The minimum Gasteiger partial charge on any atom is -0.368 e. The van der Waals surface area contributed by atoms with Crippen LogP contribution in [-0.4, -0.2) is 24.5 Å². The fraction of sp³-hybridized carbons (Fsp3) is 0.240. The van der Waals surface area contributed by atoms with Crippen molar-refractivity contribution in [3.63, 3.8) is 0 Å². The SMILES string of the molecule is NC(=O)[C@H](Cc1ccc(-c2ccccc2)cc1)NC[C@H](N)CCc1ccccc1. The first-order valence-corrected chi connectivity index (χ1v) is 10.1. The van der Waals surface area contributed by atoms with Crippen molar-refractivity contribution in [1.82, 2.24) is 5.32 Å². The molecule has 0 bridgehead atoms. The summed E-state index contributed by atoms with van der Waals surface area (Å²) in [6.45, 7) is 0.558. The van der Waals surface area contributed by atoms with E-state index in [1.54, 1.807) is 0 Å². The van der Waals surface area contributed by atoms with E-state index in [4.69, 9.17) is 11.5 Å². The van der Waals surface area contributed by atoms with Gasteiger partial charge in [0.2, 0.25) is 5.91 Å². The van der Waals surface area contributed by atoms with Crippen molar-refractivity contribution in [1.29, 1.82) is 0 Å². The van der Waals surface area contributed by atoms with Crippen LogP contribution in [0.25, 0.3) is 11.1 Å². The highest BCUT2D eigenvalue weighted by atomic mass is 16.1. The fourth-order valence-electron chi connectivity index (χ4n) is 3.37. The molecule has 0 saturated heterocycles. The van der Waals surface area contributed by atoms with Crippen molar-refractivity contribution < 1.29 is 4.79 Å². The summed E-state index contributed by atoms with van der Waals surface area (Å²) in [7, 11) is 0. The van der Waals surface area contributed by atoms with E-state index in [0.717, 1.165) is 24.0 Å². The number of aryl methyl sites for hydroxylation is 1. The zero-order valence-corrected chi connectivity index (χ0v) is 16.6. The topological polar surface area (TPSA) is 81.1 Å². The Morgan fingerprint density at radius 1 is 0.793 bits per heavy atom. The largest absolute Gasteiger partial charge is 0.368 e. The van der Waals surface area contributed by atoms with Gasteiger partial charge in [0.25, 0.3) is 0 Å². The molecule has 0 unspecified atom stereocenters. The average Bonchev–Trinajstić information content (AvgIpc) is 2.76. The van der Waals surface area contributed by atoms with Gasteiger partial charge in [0.1, 0.15) is 0 Å². The molecule has 3 rings (SSSR count). The van der Waals surface area contributed by atoms with Crippen LogP contribution in [0.15, 0.2) is 84.9 Å². The molecule has 0 aliphatic heterocycles. The summed E-state index contributed by atoms with van der Waals surface area (Å²) >= 11 is 0. The van der Waals surface area contributed by atoms with Crippen molar-refractivity contribution in [3.8, 4) is 11.1 Å². The molecule has 0 spiro atoms. The van der Waals surface area contributed by atoms with Gasteiger partial charge >= 0.3 is 0 Å². The quantitative estimate of drug-likeness (QED) is 0.499. The van der Waals surface area contributed by atoms with Gasteiger partial charge < -0.3 is 16.8 Å². The van der Waals surface area contributed by atoms with Crippen molar-refractivity contribution in [2.75, 3.05) is 6.54 Å². The third kappa shape index (κ3) is 6.56. The van der Waals surface area contributed by atoms with Gasteiger partial charge in [-0.3, -0.25) is 4.79 Å². The van der Waals surface area contributed by atoms with E-state index in [1.807, 2.05) is 36.4 Å². The van der Waals surface area contributed by atoms with E-state index in [2.05, 4.69) is 53.8 Å². The number of nitrogens with one attached hydrogen (secondary N) is 1. The molecule has 0 radical (unpaired) electrons. The standard InChI is InChI=1S/C25H29N3O/c26-23(16-13-19-7-3-1-4-8-19)18-28-24(25(27)29)17-20-11-14-22(15-12-20)21-9-5-2-6-10-21/h1-12,14-15,23-24,28H,13,16-18,26H2,(H2,27,29)/t23-,24+/m1/s1. The van der Waals surface area contributed by atoms with Crippen LogP contribution in [0.3, 0.4) is 0 Å². The minimum atomic E-state index is -0.430. The zero-order valence-electron chi connectivity index (χ0n) is 16.6. The van der Waals surface area contributed by atoms with Crippen LogP contribution in [0.4, 0.5) is 0 Å². The van der Waals surface area contributed by atoms with E-state index in [9.17, 15) is 4.79 Å². The number of carbonyl (C=O) groups is 1. The first-order chi connectivity index (χ1) is 14.1. The Morgan fingerprint density at radius 3 is 2.00 bits per heavy atom. The maximum absolute atomic E-state index is 11.9. The molecule has 1 amide bonds. The Labute approximate surface area is 172 Å². The van der Waals surface area contributed by atoms with Crippen LogP contribution >= 0.6 is 0 Å². The van der Waals surface area contributed by atoms with Gasteiger partial charge in [0.05, 0.1) is 6.04 Å². The molecule has 2 atom stereocenters. The fourth-order valence-corrected chi connectivity index (χ4v) is 3.37. The maximum atomic E-state index is 11.9. The molecule has 0 aromatic heterocycles. The number of nitrogens with two attached hydrogens (primary N) is 2. The van der Waals surface area contributed by atoms with Gasteiger partial charge in [-0.2, -0.15) is 0 Å². The second kappa shape index (κ2) is 10.6. The van der Waals surface area contributed by atoms with Crippen molar-refractivity contribution in [3.05, 3.63) is 96.1 Å². The number of rotatable bonds is 10. The predicted molar refractivity (Wildman–Crippen MR) is 119 cm³/mol. The molecule has 4 heteroatoms. The summed E-state index contributed by atoms with van der Waals surface area (Å²) in [5.74, 6) is -0.354. The second-order valence-electron chi connectivity index (χ2n) is 7.41. The van der Waals surface area contributed by atoms with Crippen LogP contribution in [0, 0.1) is 0 Å². The lowest BCUT2D eigenvalue weighted by Gasteiger charge is -2.19. The number of benzene rings is 3. The van der Waals surface area contributed by atoms with E-state index < -0.39 is 6.04 Å². The highest BCUT2D eigenvalue weighted by molar-refractivity contribution is 5.80. The second-order valence-corrected chi connectivity index (χ2v) is 7.41. The lowest BCUT2D eigenvalue weighted by molar-refractivity contribution is -0.120. The maximum Gasteiger partial charge on any atom is 0.234 e. The lowest BCUT2D eigenvalue weighted by atomic mass is 10.00. The molecule has 5 N–H and O–H groups in total. The van der Waals surface area contributed by atoms with E-state index in [-0.39, 0.29) is 11.9 Å². The van der Waals surface area contributed by atoms with Gasteiger partial charge in [-0.05, 0) is 41.5 Å². The average molecular weight is 388 g/mol.